The van der Waals surface area contributed by atoms with Crippen molar-refractivity contribution >= 4 is 39.9 Å². The van der Waals surface area contributed by atoms with Gasteiger partial charge in [-0.05, 0) is 19.3 Å². The van der Waals surface area contributed by atoms with Crippen LogP contribution in [0.1, 0.15) is 63.8 Å². The molecule has 2 saturated heterocycles. The van der Waals surface area contributed by atoms with Crippen LogP contribution in [0.2, 0.25) is 0 Å². The monoisotopic (exact) mass is 678 g/mol. The zero-order chi connectivity index (χ0) is 34.9. The summed E-state index contributed by atoms with van der Waals surface area (Å²) in [5.74, 6) is 2.28. The molecule has 7 rings (SSSR count). The maximum atomic E-state index is 14.2. The van der Waals surface area contributed by atoms with E-state index in [1.54, 1.807) is 0 Å². The number of nitrogens with two attached hydrogens (primary N) is 2. The van der Waals surface area contributed by atoms with Crippen LogP contribution in [0.3, 0.4) is 0 Å². The average Bonchev–Trinajstić information content (AvgIpc) is 3.84. The first-order valence-electron chi connectivity index (χ1n) is 15.6. The minimum atomic E-state index is -2.01. The van der Waals surface area contributed by atoms with Gasteiger partial charge in [-0.15, -0.1) is 12.8 Å². The summed E-state index contributed by atoms with van der Waals surface area (Å²) in [5, 5.41) is 34.3. The summed E-state index contributed by atoms with van der Waals surface area (Å²) in [6, 6.07) is 0. The Morgan fingerprint density at radius 2 is 1.43 bits per heavy atom. The number of nitrogen functional groups attached to an aromatic ring is 2. The van der Waals surface area contributed by atoms with Gasteiger partial charge in [0.1, 0.15) is 12.5 Å². The normalized spacial score (nSPS) is 30.3. The summed E-state index contributed by atoms with van der Waals surface area (Å²) in [6.45, 7) is 0. The van der Waals surface area contributed by atoms with Gasteiger partial charge in [-0.2, -0.15) is 28.7 Å². The van der Waals surface area contributed by atoms with E-state index in [0.29, 0.717) is 12.8 Å². The highest BCUT2D eigenvalue weighted by atomic mass is 19.1. The third kappa shape index (κ3) is 4.85. The number of rotatable bonds is 7. The molecule has 4 aromatic rings. The average molecular weight is 679 g/mol. The van der Waals surface area contributed by atoms with E-state index in [1.165, 1.54) is 21.8 Å². The van der Waals surface area contributed by atoms with Crippen molar-refractivity contribution in [1.29, 1.82) is 0 Å². The quantitative estimate of drug-likeness (QED) is 0.138. The lowest BCUT2D eigenvalue weighted by atomic mass is 9.56. The Morgan fingerprint density at radius 1 is 0.898 bits per heavy atom. The highest BCUT2D eigenvalue weighted by molar-refractivity contribution is 5.82. The van der Waals surface area contributed by atoms with Crippen molar-refractivity contribution in [2.75, 3.05) is 11.5 Å². The molecule has 3 fully saturated rings. The standard InChI is InChI=1S/C31H32F2N10O6/c1-3-30(16(44)10-18(48-30)42-13-36-20-22(34)38-27(32)40-24(20)42)12-15(29(26(46)47)8-6-5-7-9-29)31(4-2)17(45)11-19(49-31)43-14-37-21-23(35)39-28(33)41-25(21)43/h1-2,13-19,44-45H,5-12H2,(H,46,47)(H2,34,38,40)(H2,35,39,41)/t15?,16-,17-,18+,19+,30-,31-/m0/s1. The van der Waals surface area contributed by atoms with Crippen molar-refractivity contribution in [3.8, 4) is 24.7 Å². The maximum Gasteiger partial charge on any atom is 0.312 e. The molecule has 18 heteroatoms. The van der Waals surface area contributed by atoms with Crippen LogP contribution >= 0.6 is 0 Å². The molecular weight excluding hydrogens is 646 g/mol. The van der Waals surface area contributed by atoms with Crippen LogP contribution in [0.5, 0.6) is 0 Å². The van der Waals surface area contributed by atoms with Crippen LogP contribution in [0.25, 0.3) is 22.3 Å². The molecular formula is C31H32F2N10O6. The third-order valence-corrected chi connectivity index (χ3v) is 10.4. The van der Waals surface area contributed by atoms with Crippen molar-refractivity contribution in [3.63, 3.8) is 0 Å². The zero-order valence-corrected chi connectivity index (χ0v) is 25.9. The van der Waals surface area contributed by atoms with Crippen molar-refractivity contribution < 1.29 is 38.4 Å². The topological polar surface area (TPSA) is 235 Å². The van der Waals surface area contributed by atoms with Crippen LogP contribution in [-0.4, -0.2) is 83.7 Å². The van der Waals surface area contributed by atoms with Crippen molar-refractivity contribution in [2.24, 2.45) is 11.3 Å². The first kappa shape index (κ1) is 32.5. The number of aliphatic hydroxyl groups excluding tert-OH is 2. The van der Waals surface area contributed by atoms with Crippen molar-refractivity contribution in [3.05, 3.63) is 24.8 Å². The summed E-state index contributed by atoms with van der Waals surface area (Å²) in [5.41, 5.74) is 6.38. The molecule has 6 heterocycles. The van der Waals surface area contributed by atoms with E-state index in [2.05, 4.69) is 41.7 Å². The lowest BCUT2D eigenvalue weighted by molar-refractivity contribution is -0.186. The predicted octanol–water partition coefficient (Wildman–Crippen LogP) is 1.45. The number of aromatic nitrogens is 8. The fraction of sp³-hybridized carbons (Fsp3) is 0.516. The molecule has 0 spiro atoms. The Hall–Kier alpha value is -5.01. The summed E-state index contributed by atoms with van der Waals surface area (Å²) in [7, 11) is 0. The second kappa shape index (κ2) is 11.6. The van der Waals surface area contributed by atoms with E-state index in [9.17, 15) is 28.9 Å². The number of terminal acetylenes is 2. The lowest BCUT2D eigenvalue weighted by Gasteiger charge is -2.49. The van der Waals surface area contributed by atoms with E-state index in [-0.39, 0.29) is 66.1 Å². The van der Waals surface area contributed by atoms with Gasteiger partial charge >= 0.3 is 18.1 Å². The number of halogens is 2. The number of anilines is 2. The van der Waals surface area contributed by atoms with Crippen LogP contribution < -0.4 is 11.5 Å². The molecule has 49 heavy (non-hydrogen) atoms. The fourth-order valence-corrected chi connectivity index (χ4v) is 7.93. The minimum absolute atomic E-state index is 0.00761. The maximum absolute atomic E-state index is 14.2. The van der Waals surface area contributed by atoms with Gasteiger partial charge in [0.05, 0.1) is 30.3 Å². The van der Waals surface area contributed by atoms with E-state index in [0.717, 1.165) is 6.42 Å². The highest BCUT2D eigenvalue weighted by Crippen LogP contribution is 2.57. The molecule has 1 saturated carbocycles. The first-order valence-corrected chi connectivity index (χ1v) is 15.6. The van der Waals surface area contributed by atoms with Crippen molar-refractivity contribution in [1.82, 2.24) is 39.0 Å². The first-order chi connectivity index (χ1) is 23.4. The van der Waals surface area contributed by atoms with Gasteiger partial charge in [0.2, 0.25) is 0 Å². The second-order valence-electron chi connectivity index (χ2n) is 12.8. The van der Waals surface area contributed by atoms with Crippen LogP contribution in [0, 0.1) is 48.2 Å². The number of aliphatic carboxylic acids is 1. The Morgan fingerprint density at radius 3 is 1.94 bits per heavy atom. The molecule has 7 N–H and O–H groups in total. The minimum Gasteiger partial charge on any atom is -0.481 e. The number of imidazole rings is 2. The van der Waals surface area contributed by atoms with E-state index in [1.807, 2.05) is 0 Å². The van der Waals surface area contributed by atoms with Gasteiger partial charge < -0.3 is 36.3 Å². The summed E-state index contributed by atoms with van der Waals surface area (Å²) in [4.78, 5) is 36.3. The van der Waals surface area contributed by atoms with Crippen LogP contribution in [0.4, 0.5) is 20.4 Å². The zero-order valence-electron chi connectivity index (χ0n) is 25.9. The number of carboxylic acid groups (broad SMARTS) is 1. The van der Waals surface area contributed by atoms with Crippen LogP contribution in [0.15, 0.2) is 12.7 Å². The SMILES string of the molecule is C#C[C@@]1(C(C[C@]2(C#C)O[C@@H](n3cnc4c(N)nc(F)nc43)C[C@@H]2O)C2(C(=O)O)CCCCC2)O[C@@H](n2cnc3c(N)nc(F)nc32)C[C@@H]1O. The lowest BCUT2D eigenvalue weighted by Crippen LogP contribution is -2.59. The molecule has 1 aliphatic carbocycles. The smallest absolute Gasteiger partial charge is 0.312 e. The molecule has 1 unspecified atom stereocenters. The molecule has 3 aliphatic rings. The van der Waals surface area contributed by atoms with Crippen LogP contribution in [-0.2, 0) is 14.3 Å². The van der Waals surface area contributed by atoms with E-state index < -0.39 is 65.3 Å². The number of hydrogen-bond acceptors (Lipinski definition) is 13. The van der Waals surface area contributed by atoms with E-state index >= 15 is 0 Å². The molecule has 0 bridgehead atoms. The van der Waals surface area contributed by atoms with Gasteiger partial charge in [0.15, 0.2) is 45.2 Å². The number of nitrogens with zero attached hydrogens (tertiary/aromatic N) is 8. The molecule has 2 aliphatic heterocycles. The highest BCUT2D eigenvalue weighted by Gasteiger charge is 2.65. The molecule has 16 nitrogen and oxygen atoms in total. The fourth-order valence-electron chi connectivity index (χ4n) is 7.93. The summed E-state index contributed by atoms with van der Waals surface area (Å²) in [6.07, 6.45) is 9.17. The number of carbonyl (C=O) groups is 1. The third-order valence-electron chi connectivity index (χ3n) is 10.4. The molecule has 256 valence electrons. The number of hydrogen-bond donors (Lipinski definition) is 5. The number of carboxylic acids is 1. The van der Waals surface area contributed by atoms with Gasteiger partial charge in [-0.3, -0.25) is 13.9 Å². The summed E-state index contributed by atoms with van der Waals surface area (Å²) >= 11 is 0. The van der Waals surface area contributed by atoms with Gasteiger partial charge in [0, 0.05) is 18.8 Å². The Kier molecular flexibility index (Phi) is 7.67. The largest absolute Gasteiger partial charge is 0.481 e. The second-order valence-corrected chi connectivity index (χ2v) is 12.8. The van der Waals surface area contributed by atoms with Gasteiger partial charge in [-0.1, -0.05) is 31.1 Å². The number of ether oxygens (including phenoxy) is 2. The van der Waals surface area contributed by atoms with E-state index in [4.69, 9.17) is 33.8 Å². The Bertz CT molecular complexity index is 2050. The molecule has 0 radical (unpaired) electrons. The van der Waals surface area contributed by atoms with Crippen molar-refractivity contribution in [2.45, 2.75) is 87.2 Å². The van der Waals surface area contributed by atoms with Gasteiger partial charge in [0.25, 0.3) is 0 Å². The molecule has 0 aromatic carbocycles. The number of fused-ring (bicyclic) bond motifs is 2. The Balaban J connectivity index is 1.31. The molecule has 4 aromatic heterocycles. The molecule has 7 atom stereocenters. The number of aliphatic hydroxyl groups is 2. The predicted molar refractivity (Wildman–Crippen MR) is 165 cm³/mol. The van der Waals surface area contributed by atoms with Gasteiger partial charge in [-0.25, -0.2) is 9.97 Å². The summed E-state index contributed by atoms with van der Waals surface area (Å²) < 4.78 is 44.0. The Labute approximate surface area is 276 Å². The molecule has 0 amide bonds.